The molecule has 1 saturated heterocycles. The van der Waals surface area contributed by atoms with E-state index in [0.717, 1.165) is 6.54 Å². The van der Waals surface area contributed by atoms with Crippen molar-refractivity contribution in [3.05, 3.63) is 0 Å². The molecule has 2 amide bonds. The van der Waals surface area contributed by atoms with Crippen molar-refractivity contribution in [1.82, 2.24) is 15.5 Å². The molecule has 0 aromatic rings. The lowest BCUT2D eigenvalue weighted by molar-refractivity contribution is -0.149. The maximum atomic E-state index is 11.5. The summed E-state index contributed by atoms with van der Waals surface area (Å²) in [4.78, 5) is 24.4. The van der Waals surface area contributed by atoms with Gasteiger partial charge in [0.1, 0.15) is 0 Å². The van der Waals surface area contributed by atoms with E-state index >= 15 is 0 Å². The molecule has 1 fully saturated rings. The minimum atomic E-state index is -0.481. The number of nitrogens with one attached hydrogen (secondary N) is 2. The summed E-state index contributed by atoms with van der Waals surface area (Å²) in [6.07, 6.45) is 0. The first kappa shape index (κ1) is 12.0. The van der Waals surface area contributed by atoms with Crippen LogP contribution in [0.15, 0.2) is 0 Å². The van der Waals surface area contributed by atoms with Crippen LogP contribution in [0, 0.1) is 5.92 Å². The van der Waals surface area contributed by atoms with Crippen LogP contribution in [0.25, 0.3) is 0 Å². The van der Waals surface area contributed by atoms with Crippen LogP contribution in [0.3, 0.4) is 0 Å². The van der Waals surface area contributed by atoms with Gasteiger partial charge in [-0.1, -0.05) is 6.92 Å². The van der Waals surface area contributed by atoms with Crippen LogP contribution >= 0.6 is 0 Å². The van der Waals surface area contributed by atoms with Crippen molar-refractivity contribution < 1.29 is 9.59 Å². The number of hydrogen-bond donors (Lipinski definition) is 2. The Balaban J connectivity index is 2.52. The Morgan fingerprint density at radius 1 is 1.60 bits per heavy atom. The molecule has 1 rings (SSSR count). The lowest BCUT2D eigenvalue weighted by atomic mass is 10.1. The Kier molecular flexibility index (Phi) is 4.08. The van der Waals surface area contributed by atoms with E-state index in [0.29, 0.717) is 19.0 Å². The van der Waals surface area contributed by atoms with Gasteiger partial charge in [0, 0.05) is 19.1 Å². The minimum Gasteiger partial charge on any atom is -0.344 e. The Bertz CT molecular complexity index is 255. The van der Waals surface area contributed by atoms with Crippen molar-refractivity contribution >= 4 is 11.8 Å². The van der Waals surface area contributed by atoms with Gasteiger partial charge in [-0.3, -0.25) is 9.59 Å². The predicted molar refractivity (Wildman–Crippen MR) is 57.3 cm³/mol. The average molecular weight is 213 g/mol. The Morgan fingerprint density at radius 2 is 2.27 bits per heavy atom. The zero-order chi connectivity index (χ0) is 11.4. The molecule has 0 aromatic heterocycles. The summed E-state index contributed by atoms with van der Waals surface area (Å²) in [5.41, 5.74) is 0. The van der Waals surface area contributed by atoms with Gasteiger partial charge in [-0.05, 0) is 26.4 Å². The number of amides is 2. The second-order valence-corrected chi connectivity index (χ2v) is 4.25. The van der Waals surface area contributed by atoms with Gasteiger partial charge in [0.05, 0.1) is 0 Å². The monoisotopic (exact) mass is 213 g/mol. The fraction of sp³-hybridized carbons (Fsp3) is 0.800. The third-order valence-electron chi connectivity index (χ3n) is 2.44. The van der Waals surface area contributed by atoms with Crippen molar-refractivity contribution in [3.63, 3.8) is 0 Å². The molecule has 1 aliphatic rings. The van der Waals surface area contributed by atoms with E-state index in [2.05, 4.69) is 17.6 Å². The van der Waals surface area contributed by atoms with Crippen LogP contribution in [0.2, 0.25) is 0 Å². The summed E-state index contributed by atoms with van der Waals surface area (Å²) >= 11 is 0. The minimum absolute atomic E-state index is 0.0528. The molecule has 0 radical (unpaired) electrons. The predicted octanol–water partition coefficient (Wildman–Crippen LogP) is -0.811. The van der Waals surface area contributed by atoms with Gasteiger partial charge in [0.2, 0.25) is 0 Å². The van der Waals surface area contributed by atoms with Crippen LogP contribution in [-0.2, 0) is 9.59 Å². The Hall–Kier alpha value is -1.10. The molecule has 0 saturated carbocycles. The highest BCUT2D eigenvalue weighted by molar-refractivity contribution is 6.35. The quantitative estimate of drug-likeness (QED) is 0.600. The molecule has 0 aromatic carbocycles. The zero-order valence-corrected chi connectivity index (χ0v) is 9.54. The SMILES string of the molecule is CNCC(C)CN1CC(C)NC(=O)C1=O. The summed E-state index contributed by atoms with van der Waals surface area (Å²) in [5.74, 6) is -0.529. The van der Waals surface area contributed by atoms with Crippen molar-refractivity contribution in [2.45, 2.75) is 19.9 Å². The molecule has 0 bridgehead atoms. The van der Waals surface area contributed by atoms with Gasteiger partial charge >= 0.3 is 11.8 Å². The Labute approximate surface area is 90.2 Å². The van der Waals surface area contributed by atoms with E-state index in [1.165, 1.54) is 0 Å². The second-order valence-electron chi connectivity index (χ2n) is 4.25. The number of rotatable bonds is 4. The summed E-state index contributed by atoms with van der Waals surface area (Å²) in [7, 11) is 1.88. The fourth-order valence-electron chi connectivity index (χ4n) is 1.83. The maximum absolute atomic E-state index is 11.5. The highest BCUT2D eigenvalue weighted by Crippen LogP contribution is 2.05. The largest absolute Gasteiger partial charge is 0.344 e. The van der Waals surface area contributed by atoms with E-state index in [1.807, 2.05) is 14.0 Å². The highest BCUT2D eigenvalue weighted by Gasteiger charge is 2.30. The molecule has 0 spiro atoms. The molecular formula is C10H19N3O2. The number of piperazine rings is 1. The maximum Gasteiger partial charge on any atom is 0.311 e. The molecule has 1 heterocycles. The molecular weight excluding hydrogens is 194 g/mol. The summed E-state index contributed by atoms with van der Waals surface area (Å²) in [6, 6.07) is 0.0528. The van der Waals surface area contributed by atoms with Gasteiger partial charge in [-0.2, -0.15) is 0 Å². The normalized spacial score (nSPS) is 23.9. The van der Waals surface area contributed by atoms with E-state index in [-0.39, 0.29) is 6.04 Å². The fourth-order valence-corrected chi connectivity index (χ4v) is 1.83. The number of hydrogen-bond acceptors (Lipinski definition) is 3. The number of carbonyl (C=O) groups is 2. The van der Waals surface area contributed by atoms with Gasteiger partial charge in [0.15, 0.2) is 0 Å². The molecule has 2 unspecified atom stereocenters. The summed E-state index contributed by atoms with van der Waals surface area (Å²) in [6.45, 7) is 6.05. The van der Waals surface area contributed by atoms with Crippen LogP contribution in [-0.4, -0.2) is 49.4 Å². The molecule has 1 aliphatic heterocycles. The summed E-state index contributed by atoms with van der Waals surface area (Å²) in [5, 5.41) is 5.67. The lowest BCUT2D eigenvalue weighted by Gasteiger charge is -2.32. The molecule has 0 aliphatic carbocycles. The second kappa shape index (κ2) is 5.11. The van der Waals surface area contributed by atoms with Crippen LogP contribution in [0.5, 0.6) is 0 Å². The van der Waals surface area contributed by atoms with Crippen LogP contribution < -0.4 is 10.6 Å². The molecule has 2 N–H and O–H groups in total. The average Bonchev–Trinajstić information content (AvgIpc) is 2.13. The van der Waals surface area contributed by atoms with Gasteiger partial charge in [0.25, 0.3) is 0 Å². The topological polar surface area (TPSA) is 61.4 Å². The first-order chi connectivity index (χ1) is 7.04. The summed E-state index contributed by atoms with van der Waals surface area (Å²) < 4.78 is 0. The number of nitrogens with zero attached hydrogens (tertiary/aromatic N) is 1. The van der Waals surface area contributed by atoms with Gasteiger partial charge in [-0.15, -0.1) is 0 Å². The van der Waals surface area contributed by atoms with Crippen molar-refractivity contribution in [1.29, 1.82) is 0 Å². The highest BCUT2D eigenvalue weighted by atomic mass is 16.2. The number of carbonyl (C=O) groups excluding carboxylic acids is 2. The third kappa shape index (κ3) is 3.20. The standard InChI is InChI=1S/C10H19N3O2/c1-7(4-11-3)5-13-6-8(2)12-9(14)10(13)15/h7-8,11H,4-6H2,1-3H3,(H,12,14). The van der Waals surface area contributed by atoms with Crippen molar-refractivity contribution in [3.8, 4) is 0 Å². The van der Waals surface area contributed by atoms with Gasteiger partial charge in [-0.25, -0.2) is 0 Å². The molecule has 86 valence electrons. The molecule has 5 heteroatoms. The first-order valence-electron chi connectivity index (χ1n) is 5.29. The van der Waals surface area contributed by atoms with Gasteiger partial charge < -0.3 is 15.5 Å². The van der Waals surface area contributed by atoms with Crippen molar-refractivity contribution in [2.24, 2.45) is 5.92 Å². The lowest BCUT2D eigenvalue weighted by Crippen LogP contribution is -2.57. The van der Waals surface area contributed by atoms with E-state index in [1.54, 1.807) is 4.90 Å². The van der Waals surface area contributed by atoms with E-state index in [9.17, 15) is 9.59 Å². The zero-order valence-electron chi connectivity index (χ0n) is 9.54. The molecule has 5 nitrogen and oxygen atoms in total. The van der Waals surface area contributed by atoms with E-state index in [4.69, 9.17) is 0 Å². The molecule has 2 atom stereocenters. The van der Waals surface area contributed by atoms with Crippen LogP contribution in [0.4, 0.5) is 0 Å². The Morgan fingerprint density at radius 3 is 2.87 bits per heavy atom. The van der Waals surface area contributed by atoms with Crippen LogP contribution in [0.1, 0.15) is 13.8 Å². The smallest absolute Gasteiger partial charge is 0.311 e. The van der Waals surface area contributed by atoms with E-state index < -0.39 is 11.8 Å². The van der Waals surface area contributed by atoms with Crippen molar-refractivity contribution in [2.75, 3.05) is 26.7 Å². The first-order valence-corrected chi connectivity index (χ1v) is 5.29. The third-order valence-corrected chi connectivity index (χ3v) is 2.44. The molecule has 15 heavy (non-hydrogen) atoms.